The van der Waals surface area contributed by atoms with Crippen LogP contribution in [-0.4, -0.2) is 30.6 Å². The van der Waals surface area contributed by atoms with Crippen LogP contribution >= 0.6 is 11.3 Å². The van der Waals surface area contributed by atoms with E-state index in [1.807, 2.05) is 0 Å². The molecule has 2 heterocycles. The summed E-state index contributed by atoms with van der Waals surface area (Å²) in [4.78, 5) is 16.3. The molecule has 0 bridgehead atoms. The summed E-state index contributed by atoms with van der Waals surface area (Å²) in [7, 11) is 0. The lowest BCUT2D eigenvalue weighted by atomic mass is 10.1. The minimum atomic E-state index is -0.307. The molecule has 0 unspecified atom stereocenters. The second kappa shape index (κ2) is 7.52. The van der Waals surface area contributed by atoms with Crippen LogP contribution in [0.2, 0.25) is 0 Å². The summed E-state index contributed by atoms with van der Waals surface area (Å²) in [5.41, 5.74) is 0.395. The van der Waals surface area contributed by atoms with Gasteiger partial charge in [0.05, 0.1) is 6.61 Å². The van der Waals surface area contributed by atoms with Gasteiger partial charge >= 0.3 is 0 Å². The quantitative estimate of drug-likeness (QED) is 0.881. The number of carbonyl (C=O) groups is 1. The highest BCUT2D eigenvalue weighted by molar-refractivity contribution is 7.09. The second-order valence-corrected chi connectivity index (χ2v) is 6.25. The molecule has 3 rings (SSSR count). The molecule has 1 aliphatic heterocycles. The average Bonchev–Trinajstić information content (AvgIpc) is 3.24. The molecular formula is C16H17FN2O3S. The monoisotopic (exact) mass is 336 g/mol. The molecule has 122 valence electrons. The van der Waals surface area contributed by atoms with Gasteiger partial charge in [-0.2, -0.15) is 0 Å². The Bertz CT molecular complexity index is 654. The summed E-state index contributed by atoms with van der Waals surface area (Å²) >= 11 is 1.36. The van der Waals surface area contributed by atoms with Crippen LogP contribution in [0.5, 0.6) is 5.75 Å². The summed E-state index contributed by atoms with van der Waals surface area (Å²) in [6.45, 7) is 2.33. The van der Waals surface area contributed by atoms with Crippen LogP contribution in [0.25, 0.3) is 0 Å². The van der Waals surface area contributed by atoms with Crippen LogP contribution < -0.4 is 10.1 Å². The highest BCUT2D eigenvalue weighted by Crippen LogP contribution is 2.16. The summed E-state index contributed by atoms with van der Waals surface area (Å²) in [6, 6.07) is 5.78. The van der Waals surface area contributed by atoms with Gasteiger partial charge in [0.25, 0.3) is 5.91 Å². The van der Waals surface area contributed by atoms with Crippen molar-refractivity contribution in [2.75, 3.05) is 19.8 Å². The lowest BCUT2D eigenvalue weighted by Gasteiger charge is -2.07. The van der Waals surface area contributed by atoms with E-state index in [9.17, 15) is 9.18 Å². The van der Waals surface area contributed by atoms with Crippen molar-refractivity contribution >= 4 is 17.2 Å². The fraction of sp³-hybridized carbons (Fsp3) is 0.375. The van der Waals surface area contributed by atoms with E-state index in [0.29, 0.717) is 35.5 Å². The third-order valence-corrected chi connectivity index (χ3v) is 4.36. The lowest BCUT2D eigenvalue weighted by molar-refractivity contribution is 0.0940. The smallest absolute Gasteiger partial charge is 0.270 e. The Hall–Kier alpha value is -1.99. The number of rotatable bonds is 6. The van der Waals surface area contributed by atoms with Gasteiger partial charge < -0.3 is 14.8 Å². The largest absolute Gasteiger partial charge is 0.486 e. The van der Waals surface area contributed by atoms with Crippen LogP contribution in [-0.2, 0) is 11.3 Å². The Morgan fingerprint density at radius 2 is 2.26 bits per heavy atom. The van der Waals surface area contributed by atoms with Gasteiger partial charge in [0, 0.05) is 24.4 Å². The first kappa shape index (κ1) is 15.9. The Balaban J connectivity index is 1.48. The van der Waals surface area contributed by atoms with Crippen molar-refractivity contribution in [2.24, 2.45) is 5.92 Å². The molecule has 1 saturated heterocycles. The molecule has 5 nitrogen and oxygen atoms in total. The zero-order chi connectivity index (χ0) is 16.1. The van der Waals surface area contributed by atoms with Gasteiger partial charge in [-0.05, 0) is 30.7 Å². The number of halogens is 1. The van der Waals surface area contributed by atoms with E-state index in [1.54, 1.807) is 17.5 Å². The van der Waals surface area contributed by atoms with Gasteiger partial charge in [-0.25, -0.2) is 9.37 Å². The van der Waals surface area contributed by atoms with E-state index in [1.165, 1.54) is 23.5 Å². The molecule has 1 amide bonds. The van der Waals surface area contributed by atoms with E-state index in [-0.39, 0.29) is 18.3 Å². The Kier molecular flexibility index (Phi) is 5.19. The van der Waals surface area contributed by atoms with Crippen molar-refractivity contribution in [1.82, 2.24) is 10.3 Å². The Morgan fingerprint density at radius 3 is 3.00 bits per heavy atom. The maximum absolute atomic E-state index is 12.8. The number of nitrogens with one attached hydrogen (secondary N) is 1. The molecule has 2 aromatic rings. The number of carbonyl (C=O) groups excluding carboxylic acids is 1. The van der Waals surface area contributed by atoms with Gasteiger partial charge in [-0.3, -0.25) is 4.79 Å². The predicted molar refractivity (Wildman–Crippen MR) is 84.1 cm³/mol. The molecule has 1 aromatic heterocycles. The molecular weight excluding hydrogens is 319 g/mol. The third kappa shape index (κ3) is 4.49. The summed E-state index contributed by atoms with van der Waals surface area (Å²) in [5, 5.41) is 5.29. The minimum Gasteiger partial charge on any atom is -0.486 e. The van der Waals surface area contributed by atoms with Crippen LogP contribution in [0.15, 0.2) is 29.6 Å². The minimum absolute atomic E-state index is 0.179. The van der Waals surface area contributed by atoms with Crippen molar-refractivity contribution in [3.63, 3.8) is 0 Å². The van der Waals surface area contributed by atoms with Crippen molar-refractivity contribution in [3.8, 4) is 5.75 Å². The van der Waals surface area contributed by atoms with E-state index < -0.39 is 0 Å². The molecule has 1 N–H and O–H groups in total. The van der Waals surface area contributed by atoms with Gasteiger partial charge in [0.15, 0.2) is 0 Å². The molecule has 0 spiro atoms. The first-order valence-electron chi connectivity index (χ1n) is 7.39. The van der Waals surface area contributed by atoms with E-state index in [0.717, 1.165) is 13.0 Å². The highest BCUT2D eigenvalue weighted by atomic mass is 32.1. The SMILES string of the molecule is O=C(NC[C@@H]1CCOC1)c1csc(COc2ccc(F)cc2)n1. The van der Waals surface area contributed by atoms with Gasteiger partial charge in [-0.15, -0.1) is 11.3 Å². The Morgan fingerprint density at radius 1 is 1.43 bits per heavy atom. The van der Waals surface area contributed by atoms with Crippen LogP contribution in [0.1, 0.15) is 21.9 Å². The van der Waals surface area contributed by atoms with Crippen molar-refractivity contribution in [1.29, 1.82) is 0 Å². The maximum Gasteiger partial charge on any atom is 0.270 e. The summed E-state index contributed by atoms with van der Waals surface area (Å²) < 4.78 is 23.6. The fourth-order valence-corrected chi connectivity index (χ4v) is 2.91. The van der Waals surface area contributed by atoms with Crippen LogP contribution in [0, 0.1) is 11.7 Å². The molecule has 7 heteroatoms. The summed E-state index contributed by atoms with van der Waals surface area (Å²) in [6.07, 6.45) is 0.980. The van der Waals surface area contributed by atoms with E-state index in [4.69, 9.17) is 9.47 Å². The third-order valence-electron chi connectivity index (χ3n) is 3.54. The maximum atomic E-state index is 12.8. The van der Waals surface area contributed by atoms with Gasteiger partial charge in [0.1, 0.15) is 28.9 Å². The molecule has 23 heavy (non-hydrogen) atoms. The van der Waals surface area contributed by atoms with Crippen molar-refractivity contribution in [2.45, 2.75) is 13.0 Å². The number of ether oxygens (including phenoxy) is 2. The number of hydrogen-bond donors (Lipinski definition) is 1. The second-order valence-electron chi connectivity index (χ2n) is 5.31. The molecule has 1 aromatic carbocycles. The first-order chi connectivity index (χ1) is 11.2. The number of benzene rings is 1. The number of thiazole rings is 1. The fourth-order valence-electron chi connectivity index (χ4n) is 2.23. The van der Waals surface area contributed by atoms with Crippen molar-refractivity contribution in [3.05, 3.63) is 46.2 Å². The zero-order valence-corrected chi connectivity index (χ0v) is 13.3. The normalized spacial score (nSPS) is 17.2. The van der Waals surface area contributed by atoms with Crippen LogP contribution in [0.4, 0.5) is 4.39 Å². The zero-order valence-electron chi connectivity index (χ0n) is 12.5. The number of nitrogens with zero attached hydrogens (tertiary/aromatic N) is 1. The van der Waals surface area contributed by atoms with E-state index in [2.05, 4.69) is 10.3 Å². The number of aromatic nitrogens is 1. The van der Waals surface area contributed by atoms with E-state index >= 15 is 0 Å². The van der Waals surface area contributed by atoms with Crippen LogP contribution in [0.3, 0.4) is 0 Å². The molecule has 1 atom stereocenters. The average molecular weight is 336 g/mol. The molecule has 0 radical (unpaired) electrons. The standard InChI is InChI=1S/C16H17FN2O3S/c17-12-1-3-13(4-2-12)22-9-15-19-14(10-23-15)16(20)18-7-11-5-6-21-8-11/h1-4,10-11H,5-9H2,(H,18,20)/t11-/m0/s1. The highest BCUT2D eigenvalue weighted by Gasteiger charge is 2.18. The van der Waals surface area contributed by atoms with Gasteiger partial charge in [0.2, 0.25) is 0 Å². The van der Waals surface area contributed by atoms with Crippen molar-refractivity contribution < 1.29 is 18.7 Å². The predicted octanol–water partition coefficient (Wildman–Crippen LogP) is 2.63. The molecule has 1 aliphatic rings. The molecule has 0 aliphatic carbocycles. The lowest BCUT2D eigenvalue weighted by Crippen LogP contribution is -2.29. The Labute approximate surface area is 137 Å². The molecule has 1 fully saturated rings. The molecule has 0 saturated carbocycles. The number of amides is 1. The summed E-state index contributed by atoms with van der Waals surface area (Å²) in [5.74, 6) is 0.465. The first-order valence-corrected chi connectivity index (χ1v) is 8.27. The van der Waals surface area contributed by atoms with Gasteiger partial charge in [-0.1, -0.05) is 0 Å². The topological polar surface area (TPSA) is 60.5 Å². The number of hydrogen-bond acceptors (Lipinski definition) is 5.